The fourth-order valence-corrected chi connectivity index (χ4v) is 4.38. The smallest absolute Gasteiger partial charge is 0.343 e. The molecule has 0 fully saturated rings. The van der Waals surface area contributed by atoms with Gasteiger partial charge in [-0.15, -0.1) is 0 Å². The number of hydrogen-bond acceptors (Lipinski definition) is 5. The van der Waals surface area contributed by atoms with E-state index in [9.17, 15) is 13.2 Å². The quantitative estimate of drug-likeness (QED) is 0.404. The van der Waals surface area contributed by atoms with Gasteiger partial charge in [0.2, 0.25) is 10.0 Å². The van der Waals surface area contributed by atoms with Crippen LogP contribution in [0, 0.1) is 13.8 Å². The summed E-state index contributed by atoms with van der Waals surface area (Å²) in [5.41, 5.74) is 3.04. The maximum Gasteiger partial charge on any atom is 0.343 e. The van der Waals surface area contributed by atoms with Crippen LogP contribution >= 0.6 is 0 Å². The SMILES string of the molecule is COc1ccc(C(=O)Oc2ccc(C)c(C)c2)cc1S(=O)(=O)N(C)Cc1ccccc1. The second-order valence-corrected chi connectivity index (χ2v) is 9.26. The molecule has 0 amide bonds. The zero-order valence-corrected chi connectivity index (χ0v) is 18.8. The van der Waals surface area contributed by atoms with Gasteiger partial charge in [0, 0.05) is 13.6 Å². The Morgan fingerprint density at radius 3 is 2.29 bits per heavy atom. The average Bonchev–Trinajstić information content (AvgIpc) is 2.76. The summed E-state index contributed by atoms with van der Waals surface area (Å²) in [6.07, 6.45) is 0. The van der Waals surface area contributed by atoms with Gasteiger partial charge in [0.1, 0.15) is 16.4 Å². The number of rotatable bonds is 7. The van der Waals surface area contributed by atoms with E-state index in [4.69, 9.17) is 9.47 Å². The van der Waals surface area contributed by atoms with Crippen LogP contribution in [0.25, 0.3) is 0 Å². The summed E-state index contributed by atoms with van der Waals surface area (Å²) in [6, 6.07) is 18.8. The van der Waals surface area contributed by atoms with Gasteiger partial charge >= 0.3 is 5.97 Å². The fourth-order valence-electron chi connectivity index (χ4n) is 3.04. The number of sulfonamides is 1. The predicted molar refractivity (Wildman–Crippen MR) is 119 cm³/mol. The summed E-state index contributed by atoms with van der Waals surface area (Å²) >= 11 is 0. The van der Waals surface area contributed by atoms with Crippen LogP contribution in [0.2, 0.25) is 0 Å². The lowest BCUT2D eigenvalue weighted by Crippen LogP contribution is -2.27. The number of methoxy groups -OCH3 is 1. The molecule has 0 spiro atoms. The van der Waals surface area contributed by atoms with Crippen LogP contribution in [0.4, 0.5) is 0 Å². The lowest BCUT2D eigenvalue weighted by molar-refractivity contribution is 0.0734. The highest BCUT2D eigenvalue weighted by Gasteiger charge is 2.27. The molecule has 0 radical (unpaired) electrons. The minimum absolute atomic E-state index is 0.0945. The molecule has 0 aliphatic rings. The molecule has 0 saturated heterocycles. The van der Waals surface area contributed by atoms with Crippen molar-refractivity contribution >= 4 is 16.0 Å². The first-order valence-electron chi connectivity index (χ1n) is 9.70. The Morgan fingerprint density at radius 1 is 0.935 bits per heavy atom. The number of esters is 1. The molecule has 3 rings (SSSR count). The number of aryl methyl sites for hydroxylation is 2. The summed E-state index contributed by atoms with van der Waals surface area (Å²) in [6.45, 7) is 4.07. The van der Waals surface area contributed by atoms with E-state index < -0.39 is 16.0 Å². The minimum Gasteiger partial charge on any atom is -0.495 e. The number of hydrogen-bond donors (Lipinski definition) is 0. The number of nitrogens with zero attached hydrogens (tertiary/aromatic N) is 1. The lowest BCUT2D eigenvalue weighted by Gasteiger charge is -2.19. The molecule has 0 unspecified atom stereocenters. The van der Waals surface area contributed by atoms with Crippen molar-refractivity contribution in [1.82, 2.24) is 4.31 Å². The third-order valence-corrected chi connectivity index (χ3v) is 6.85. The minimum atomic E-state index is -3.92. The lowest BCUT2D eigenvalue weighted by atomic mass is 10.1. The average molecular weight is 440 g/mol. The van der Waals surface area contributed by atoms with Crippen molar-refractivity contribution in [2.24, 2.45) is 0 Å². The van der Waals surface area contributed by atoms with Gasteiger partial charge in [0.25, 0.3) is 0 Å². The van der Waals surface area contributed by atoms with Gasteiger partial charge in [0.05, 0.1) is 12.7 Å². The summed E-state index contributed by atoms with van der Waals surface area (Å²) in [5, 5.41) is 0. The first-order chi connectivity index (χ1) is 14.7. The second-order valence-electron chi connectivity index (χ2n) is 7.25. The van der Waals surface area contributed by atoms with E-state index in [1.165, 1.54) is 36.7 Å². The van der Waals surface area contributed by atoms with Gasteiger partial charge in [-0.2, -0.15) is 4.31 Å². The Kier molecular flexibility index (Phi) is 6.77. The molecule has 3 aromatic carbocycles. The molecule has 0 atom stereocenters. The number of ether oxygens (including phenoxy) is 2. The summed E-state index contributed by atoms with van der Waals surface area (Å²) in [4.78, 5) is 12.6. The van der Waals surface area contributed by atoms with Crippen molar-refractivity contribution in [3.05, 3.63) is 89.0 Å². The molecule has 31 heavy (non-hydrogen) atoms. The molecular formula is C24H25NO5S. The van der Waals surface area contributed by atoms with Crippen LogP contribution < -0.4 is 9.47 Å². The monoisotopic (exact) mass is 439 g/mol. The Morgan fingerprint density at radius 2 is 1.65 bits per heavy atom. The first kappa shape index (κ1) is 22.5. The standard InChI is InChI=1S/C24H25NO5S/c1-17-10-12-21(14-18(17)2)30-24(26)20-11-13-22(29-4)23(15-20)31(27,28)25(3)16-19-8-6-5-7-9-19/h5-15H,16H2,1-4H3. The van der Waals surface area contributed by atoms with E-state index in [-0.39, 0.29) is 22.8 Å². The summed E-state index contributed by atoms with van der Waals surface area (Å²) in [5.74, 6) is -0.0924. The van der Waals surface area contributed by atoms with Gasteiger partial charge in [-0.05, 0) is 60.9 Å². The van der Waals surface area contributed by atoms with Crippen molar-refractivity contribution in [2.75, 3.05) is 14.2 Å². The Bertz CT molecular complexity index is 1190. The van der Waals surface area contributed by atoms with Gasteiger partial charge in [-0.1, -0.05) is 36.4 Å². The molecule has 0 bridgehead atoms. The van der Waals surface area contributed by atoms with Crippen LogP contribution in [0.15, 0.2) is 71.6 Å². The molecule has 7 heteroatoms. The van der Waals surface area contributed by atoms with Crippen LogP contribution in [-0.4, -0.2) is 32.8 Å². The van der Waals surface area contributed by atoms with Gasteiger partial charge < -0.3 is 9.47 Å². The van der Waals surface area contributed by atoms with Crippen molar-refractivity contribution in [1.29, 1.82) is 0 Å². The zero-order chi connectivity index (χ0) is 22.6. The normalized spacial score (nSPS) is 11.4. The highest BCUT2D eigenvalue weighted by molar-refractivity contribution is 7.89. The van der Waals surface area contributed by atoms with Crippen molar-refractivity contribution in [3.8, 4) is 11.5 Å². The van der Waals surface area contributed by atoms with E-state index in [0.29, 0.717) is 5.75 Å². The number of benzene rings is 3. The highest BCUT2D eigenvalue weighted by atomic mass is 32.2. The maximum atomic E-state index is 13.2. The largest absolute Gasteiger partial charge is 0.495 e. The summed E-state index contributed by atoms with van der Waals surface area (Å²) in [7, 11) is -1.05. The topological polar surface area (TPSA) is 72.9 Å². The first-order valence-corrected chi connectivity index (χ1v) is 11.1. The molecule has 162 valence electrons. The molecule has 0 heterocycles. The van der Waals surface area contributed by atoms with Crippen molar-refractivity contribution < 1.29 is 22.7 Å². The van der Waals surface area contributed by atoms with Crippen LogP contribution in [-0.2, 0) is 16.6 Å². The summed E-state index contributed by atoms with van der Waals surface area (Å²) < 4.78 is 38.4. The molecule has 0 N–H and O–H groups in total. The third-order valence-electron chi connectivity index (χ3n) is 5.02. The van der Waals surface area contributed by atoms with E-state index in [1.807, 2.05) is 50.2 Å². The number of carbonyl (C=O) groups is 1. The van der Waals surface area contributed by atoms with E-state index in [0.717, 1.165) is 16.7 Å². The molecule has 6 nitrogen and oxygen atoms in total. The van der Waals surface area contributed by atoms with Crippen molar-refractivity contribution in [2.45, 2.75) is 25.3 Å². The molecule has 0 aromatic heterocycles. The van der Waals surface area contributed by atoms with E-state index in [1.54, 1.807) is 12.1 Å². The van der Waals surface area contributed by atoms with Gasteiger partial charge in [0.15, 0.2) is 0 Å². The van der Waals surface area contributed by atoms with E-state index >= 15 is 0 Å². The van der Waals surface area contributed by atoms with Crippen LogP contribution in [0.5, 0.6) is 11.5 Å². The third kappa shape index (κ3) is 5.13. The number of carbonyl (C=O) groups excluding carboxylic acids is 1. The Balaban J connectivity index is 1.90. The molecule has 0 saturated carbocycles. The fraction of sp³-hybridized carbons (Fsp3) is 0.208. The highest BCUT2D eigenvalue weighted by Crippen LogP contribution is 2.29. The van der Waals surface area contributed by atoms with Gasteiger partial charge in [-0.25, -0.2) is 13.2 Å². The van der Waals surface area contributed by atoms with Crippen molar-refractivity contribution in [3.63, 3.8) is 0 Å². The molecule has 0 aliphatic heterocycles. The second kappa shape index (κ2) is 9.32. The molecular weight excluding hydrogens is 414 g/mol. The Hall–Kier alpha value is -3.16. The van der Waals surface area contributed by atoms with Crippen LogP contribution in [0.1, 0.15) is 27.0 Å². The maximum absolute atomic E-state index is 13.2. The van der Waals surface area contributed by atoms with E-state index in [2.05, 4.69) is 0 Å². The Labute approximate surface area is 183 Å². The molecule has 0 aliphatic carbocycles. The zero-order valence-electron chi connectivity index (χ0n) is 18.0. The molecule has 3 aromatic rings. The predicted octanol–water partition coefficient (Wildman–Crippen LogP) is 4.35. The van der Waals surface area contributed by atoms with Crippen LogP contribution in [0.3, 0.4) is 0 Å². The van der Waals surface area contributed by atoms with Gasteiger partial charge in [-0.3, -0.25) is 0 Å².